The Kier molecular flexibility index (Phi) is 9.08. The number of hydrogen-bond acceptors (Lipinski definition) is 3. The van der Waals surface area contributed by atoms with Gasteiger partial charge in [-0.05, 0) is 25.8 Å². The number of hydrogen-bond donors (Lipinski definition) is 0. The van der Waals surface area contributed by atoms with E-state index >= 15 is 0 Å². The molecule has 0 spiro atoms. The third-order valence-corrected chi connectivity index (χ3v) is 4.65. The average molecular weight is 258 g/mol. The first-order valence-corrected chi connectivity index (χ1v) is 8.08. The molecule has 0 aromatic heterocycles. The van der Waals surface area contributed by atoms with Gasteiger partial charge in [0.2, 0.25) is 0 Å². The maximum Gasteiger partial charge on any atom is 0.333 e. The van der Waals surface area contributed by atoms with E-state index in [1.165, 1.54) is 0 Å². The van der Waals surface area contributed by atoms with Gasteiger partial charge in [0.05, 0.1) is 15.2 Å². The number of rotatable bonds is 9. The molecule has 3 nitrogen and oxygen atoms in total. The minimum atomic E-state index is -0.466. The van der Waals surface area contributed by atoms with Crippen molar-refractivity contribution in [3.05, 3.63) is 12.2 Å². The van der Waals surface area contributed by atoms with E-state index in [0.29, 0.717) is 11.1 Å². The van der Waals surface area contributed by atoms with Crippen LogP contribution in [-0.4, -0.2) is 34.4 Å². The number of esters is 1. The maximum absolute atomic E-state index is 11.5. The number of carbonyl (C=O) groups is 1. The van der Waals surface area contributed by atoms with Gasteiger partial charge >= 0.3 is 5.97 Å². The Hall–Kier alpha value is -0.613. The smallest absolute Gasteiger partial charge is 0.333 e. The van der Waals surface area contributed by atoms with Crippen molar-refractivity contribution in [2.75, 3.05) is 13.2 Å². The zero-order chi connectivity index (χ0) is 13.3. The summed E-state index contributed by atoms with van der Waals surface area (Å²) in [6.07, 6.45) is 2.00. The Labute approximate surface area is 107 Å². The fourth-order valence-corrected chi connectivity index (χ4v) is 3.73. The Morgan fingerprint density at radius 3 is 2.53 bits per heavy atom. The van der Waals surface area contributed by atoms with Gasteiger partial charge in [0.25, 0.3) is 0 Å². The lowest BCUT2D eigenvalue weighted by Crippen LogP contribution is -2.28. The highest BCUT2D eigenvalue weighted by Gasteiger charge is 2.18. The van der Waals surface area contributed by atoms with Gasteiger partial charge in [0.15, 0.2) is 0 Å². The monoisotopic (exact) mass is 258 g/mol. The van der Waals surface area contributed by atoms with Crippen molar-refractivity contribution in [1.82, 2.24) is 0 Å². The molecule has 0 aromatic carbocycles. The Morgan fingerprint density at radius 1 is 1.41 bits per heavy atom. The van der Waals surface area contributed by atoms with Crippen LogP contribution in [-0.2, 0) is 14.3 Å². The van der Waals surface area contributed by atoms with Gasteiger partial charge in [0, 0.05) is 18.8 Å². The van der Waals surface area contributed by atoms with Crippen LogP contribution in [0.3, 0.4) is 0 Å². The molecule has 2 unspecified atom stereocenters. The molecule has 0 amide bonds. The van der Waals surface area contributed by atoms with Crippen molar-refractivity contribution in [3.8, 4) is 0 Å². The first kappa shape index (κ1) is 16.4. The largest absolute Gasteiger partial charge is 0.464 e. The minimum Gasteiger partial charge on any atom is -0.464 e. The van der Waals surface area contributed by atoms with Crippen molar-refractivity contribution < 1.29 is 14.3 Å². The standard InChI is InChI=1S/C13H26O3Si/c1-6-8-12(16-13(14)10(3)4)17-11(5)9-15-7-2/h11-12H,3,6-9,17H2,1-2,4-5H3. The Balaban J connectivity index is 4.13. The maximum atomic E-state index is 11.5. The van der Waals surface area contributed by atoms with Gasteiger partial charge < -0.3 is 9.47 Å². The van der Waals surface area contributed by atoms with E-state index < -0.39 is 9.52 Å². The molecule has 0 radical (unpaired) electrons. The van der Waals surface area contributed by atoms with Crippen LogP contribution >= 0.6 is 0 Å². The van der Waals surface area contributed by atoms with Crippen LogP contribution in [0.5, 0.6) is 0 Å². The first-order chi connectivity index (χ1) is 8.01. The summed E-state index contributed by atoms with van der Waals surface area (Å²) in [4.78, 5) is 11.5. The summed E-state index contributed by atoms with van der Waals surface area (Å²) in [6.45, 7) is 13.1. The van der Waals surface area contributed by atoms with E-state index in [1.807, 2.05) is 6.92 Å². The fraction of sp³-hybridized carbons (Fsp3) is 0.769. The zero-order valence-corrected chi connectivity index (χ0v) is 13.0. The molecule has 2 atom stereocenters. The number of carbonyl (C=O) groups excluding carboxylic acids is 1. The molecular formula is C13H26O3Si. The van der Waals surface area contributed by atoms with Crippen molar-refractivity contribution in [3.63, 3.8) is 0 Å². The van der Waals surface area contributed by atoms with Gasteiger partial charge in [-0.3, -0.25) is 0 Å². The van der Waals surface area contributed by atoms with Gasteiger partial charge in [-0.1, -0.05) is 26.8 Å². The van der Waals surface area contributed by atoms with Crippen LogP contribution in [0.15, 0.2) is 12.2 Å². The number of ether oxygens (including phenoxy) is 2. The predicted molar refractivity (Wildman–Crippen MR) is 74.1 cm³/mol. The molecule has 0 fully saturated rings. The third kappa shape index (κ3) is 8.16. The van der Waals surface area contributed by atoms with Crippen molar-refractivity contribution in [1.29, 1.82) is 0 Å². The molecular weight excluding hydrogens is 232 g/mol. The van der Waals surface area contributed by atoms with Crippen LogP contribution in [0.1, 0.15) is 40.5 Å². The Bertz CT molecular complexity index is 241. The second-order valence-electron chi connectivity index (χ2n) is 4.60. The van der Waals surface area contributed by atoms with Crippen molar-refractivity contribution in [2.24, 2.45) is 0 Å². The highest BCUT2D eigenvalue weighted by atomic mass is 28.2. The molecule has 0 aliphatic carbocycles. The SMILES string of the molecule is C=C(C)C(=O)OC(CCC)[SiH2]C(C)COCC. The Morgan fingerprint density at radius 2 is 2.06 bits per heavy atom. The summed E-state index contributed by atoms with van der Waals surface area (Å²) in [5.74, 6) is -0.250. The fourth-order valence-electron chi connectivity index (χ4n) is 1.63. The normalized spacial score (nSPS) is 14.8. The highest BCUT2D eigenvalue weighted by molar-refractivity contribution is 6.39. The summed E-state index contributed by atoms with van der Waals surface area (Å²) >= 11 is 0. The lowest BCUT2D eigenvalue weighted by molar-refractivity contribution is -0.141. The third-order valence-electron chi connectivity index (χ3n) is 2.50. The van der Waals surface area contributed by atoms with Gasteiger partial charge in [-0.15, -0.1) is 0 Å². The predicted octanol–water partition coefficient (Wildman–Crippen LogP) is 2.25. The second-order valence-corrected chi connectivity index (χ2v) is 7.37. The van der Waals surface area contributed by atoms with E-state index in [-0.39, 0.29) is 11.7 Å². The molecule has 0 aliphatic heterocycles. The van der Waals surface area contributed by atoms with E-state index in [4.69, 9.17) is 9.47 Å². The van der Waals surface area contributed by atoms with Crippen LogP contribution in [0, 0.1) is 0 Å². The molecule has 0 saturated carbocycles. The quantitative estimate of drug-likeness (QED) is 0.361. The van der Waals surface area contributed by atoms with E-state index in [9.17, 15) is 4.79 Å². The van der Waals surface area contributed by atoms with E-state index in [0.717, 1.165) is 26.1 Å². The molecule has 0 aromatic rings. The molecule has 100 valence electrons. The molecule has 0 saturated heterocycles. The summed E-state index contributed by atoms with van der Waals surface area (Å²) in [5, 5.41) is 0. The molecule has 0 N–H and O–H groups in total. The van der Waals surface area contributed by atoms with Crippen LogP contribution in [0.2, 0.25) is 5.54 Å². The second kappa shape index (κ2) is 9.42. The molecule has 0 bridgehead atoms. The average Bonchev–Trinajstić information content (AvgIpc) is 2.26. The van der Waals surface area contributed by atoms with Crippen molar-refractivity contribution in [2.45, 2.75) is 51.8 Å². The van der Waals surface area contributed by atoms with Crippen LogP contribution in [0.25, 0.3) is 0 Å². The molecule has 4 heteroatoms. The van der Waals surface area contributed by atoms with Crippen LogP contribution < -0.4 is 0 Å². The van der Waals surface area contributed by atoms with Gasteiger partial charge in [0.1, 0.15) is 0 Å². The summed E-state index contributed by atoms with van der Waals surface area (Å²) in [5.41, 5.74) is 1.15. The van der Waals surface area contributed by atoms with Gasteiger partial charge in [-0.2, -0.15) is 0 Å². The highest BCUT2D eigenvalue weighted by Crippen LogP contribution is 2.12. The molecule has 0 heterocycles. The van der Waals surface area contributed by atoms with Gasteiger partial charge in [-0.25, -0.2) is 4.79 Å². The van der Waals surface area contributed by atoms with Crippen molar-refractivity contribution >= 4 is 15.5 Å². The summed E-state index contributed by atoms with van der Waals surface area (Å²) < 4.78 is 10.9. The lowest BCUT2D eigenvalue weighted by atomic mass is 10.3. The minimum absolute atomic E-state index is 0.125. The van der Waals surface area contributed by atoms with Crippen LogP contribution in [0.4, 0.5) is 0 Å². The first-order valence-electron chi connectivity index (χ1n) is 6.45. The van der Waals surface area contributed by atoms with E-state index in [2.05, 4.69) is 20.4 Å². The molecule has 17 heavy (non-hydrogen) atoms. The van der Waals surface area contributed by atoms with E-state index in [1.54, 1.807) is 6.92 Å². The zero-order valence-electron chi connectivity index (χ0n) is 11.6. The molecule has 0 rings (SSSR count). The topological polar surface area (TPSA) is 35.5 Å². The summed E-state index contributed by atoms with van der Waals surface area (Å²) in [6, 6.07) is 0. The molecule has 0 aliphatic rings. The lowest BCUT2D eigenvalue weighted by Gasteiger charge is -2.20. The summed E-state index contributed by atoms with van der Waals surface area (Å²) in [7, 11) is -0.466.